The lowest BCUT2D eigenvalue weighted by atomic mass is 10.00. The van der Waals surface area contributed by atoms with Crippen LogP contribution in [0.1, 0.15) is 5.56 Å². The maximum Gasteiger partial charge on any atom is 0.0943 e. The van der Waals surface area contributed by atoms with Crippen molar-refractivity contribution >= 4 is 5.69 Å². The normalized spacial score (nSPS) is 10.7. The number of benzene rings is 2. The van der Waals surface area contributed by atoms with E-state index in [1.807, 2.05) is 31.4 Å². The van der Waals surface area contributed by atoms with Crippen LogP contribution in [0.25, 0.3) is 22.4 Å². The average molecular weight is 263 g/mol. The van der Waals surface area contributed by atoms with Crippen LogP contribution in [-0.4, -0.2) is 9.78 Å². The summed E-state index contributed by atoms with van der Waals surface area (Å²) in [4.78, 5) is 0. The van der Waals surface area contributed by atoms with Gasteiger partial charge in [-0.3, -0.25) is 4.68 Å². The highest BCUT2D eigenvalue weighted by molar-refractivity contribution is 5.80. The van der Waals surface area contributed by atoms with E-state index in [0.29, 0.717) is 0 Å². The van der Waals surface area contributed by atoms with Gasteiger partial charge in [-0.15, -0.1) is 0 Å². The highest BCUT2D eigenvalue weighted by Crippen LogP contribution is 2.30. The maximum absolute atomic E-state index is 6.08. The lowest BCUT2D eigenvalue weighted by Crippen LogP contribution is -1.93. The molecule has 0 aliphatic heterocycles. The molecule has 3 aromatic rings. The van der Waals surface area contributed by atoms with Crippen molar-refractivity contribution in [3.63, 3.8) is 0 Å². The molecule has 3 rings (SSSR count). The molecule has 3 heteroatoms. The molecule has 2 aromatic carbocycles. The third-order valence-corrected chi connectivity index (χ3v) is 3.43. The standard InChI is InChI=1S/C17H17N3/c1-12-3-5-13(6-4-12)14-7-8-16(18)15(11-14)17-9-10-20(2)19-17/h3-11H,18H2,1-2H3. The Kier molecular flexibility index (Phi) is 3.03. The Balaban J connectivity index is 2.08. The van der Waals surface area contributed by atoms with Crippen LogP contribution in [0.5, 0.6) is 0 Å². The molecule has 0 radical (unpaired) electrons. The molecular formula is C17H17N3. The van der Waals surface area contributed by atoms with Gasteiger partial charge in [0.15, 0.2) is 0 Å². The van der Waals surface area contributed by atoms with E-state index in [-0.39, 0.29) is 0 Å². The molecule has 0 saturated carbocycles. The van der Waals surface area contributed by atoms with Crippen molar-refractivity contribution in [3.05, 3.63) is 60.3 Å². The van der Waals surface area contributed by atoms with Crippen LogP contribution < -0.4 is 5.73 Å². The third-order valence-electron chi connectivity index (χ3n) is 3.43. The van der Waals surface area contributed by atoms with E-state index in [1.54, 1.807) is 4.68 Å². The summed E-state index contributed by atoms with van der Waals surface area (Å²) in [7, 11) is 1.91. The summed E-state index contributed by atoms with van der Waals surface area (Å²) in [6, 6.07) is 16.6. The molecule has 0 aliphatic carbocycles. The van der Waals surface area contributed by atoms with Crippen molar-refractivity contribution in [1.82, 2.24) is 9.78 Å². The van der Waals surface area contributed by atoms with Crippen molar-refractivity contribution in [2.75, 3.05) is 5.73 Å². The van der Waals surface area contributed by atoms with Gasteiger partial charge < -0.3 is 5.73 Å². The summed E-state index contributed by atoms with van der Waals surface area (Å²) in [6.45, 7) is 2.09. The predicted molar refractivity (Wildman–Crippen MR) is 83.2 cm³/mol. The van der Waals surface area contributed by atoms with Crippen LogP contribution >= 0.6 is 0 Å². The van der Waals surface area contributed by atoms with E-state index in [4.69, 9.17) is 5.73 Å². The van der Waals surface area contributed by atoms with Gasteiger partial charge in [-0.2, -0.15) is 5.10 Å². The second-order valence-corrected chi connectivity index (χ2v) is 5.04. The van der Waals surface area contributed by atoms with Crippen molar-refractivity contribution < 1.29 is 0 Å². The number of nitrogens with two attached hydrogens (primary N) is 1. The molecule has 0 amide bonds. The summed E-state index contributed by atoms with van der Waals surface area (Å²) in [5.74, 6) is 0. The van der Waals surface area contributed by atoms with Gasteiger partial charge in [0.25, 0.3) is 0 Å². The Bertz CT molecular complexity index is 739. The van der Waals surface area contributed by atoms with Crippen molar-refractivity contribution in [2.45, 2.75) is 6.92 Å². The maximum atomic E-state index is 6.08. The minimum Gasteiger partial charge on any atom is -0.398 e. The lowest BCUT2D eigenvalue weighted by Gasteiger charge is -2.07. The molecule has 0 bridgehead atoms. The number of anilines is 1. The number of aromatic nitrogens is 2. The van der Waals surface area contributed by atoms with E-state index < -0.39 is 0 Å². The zero-order chi connectivity index (χ0) is 14.1. The number of nitrogen functional groups attached to an aromatic ring is 1. The second-order valence-electron chi connectivity index (χ2n) is 5.04. The van der Waals surface area contributed by atoms with E-state index >= 15 is 0 Å². The Morgan fingerprint density at radius 3 is 2.30 bits per heavy atom. The highest BCUT2D eigenvalue weighted by Gasteiger charge is 2.08. The van der Waals surface area contributed by atoms with Crippen LogP contribution in [0.3, 0.4) is 0 Å². The number of hydrogen-bond donors (Lipinski definition) is 1. The molecule has 2 N–H and O–H groups in total. The van der Waals surface area contributed by atoms with Crippen molar-refractivity contribution in [2.24, 2.45) is 7.05 Å². The van der Waals surface area contributed by atoms with E-state index in [2.05, 4.69) is 42.4 Å². The molecule has 0 aliphatic rings. The van der Waals surface area contributed by atoms with Gasteiger partial charge in [-0.05, 0) is 36.2 Å². The second kappa shape index (κ2) is 4.85. The topological polar surface area (TPSA) is 43.8 Å². The monoisotopic (exact) mass is 263 g/mol. The smallest absolute Gasteiger partial charge is 0.0943 e. The molecule has 0 spiro atoms. The van der Waals surface area contributed by atoms with Crippen molar-refractivity contribution in [1.29, 1.82) is 0 Å². The van der Waals surface area contributed by atoms with E-state index in [0.717, 1.165) is 22.5 Å². The molecule has 0 saturated heterocycles. The van der Waals surface area contributed by atoms with Crippen LogP contribution in [0.15, 0.2) is 54.7 Å². The van der Waals surface area contributed by atoms with Crippen LogP contribution in [0.2, 0.25) is 0 Å². The van der Waals surface area contributed by atoms with Crippen LogP contribution in [0, 0.1) is 6.92 Å². The largest absolute Gasteiger partial charge is 0.398 e. The fourth-order valence-electron chi connectivity index (χ4n) is 2.26. The van der Waals surface area contributed by atoms with Gasteiger partial charge in [0.05, 0.1) is 5.69 Å². The average Bonchev–Trinajstić information content (AvgIpc) is 2.87. The summed E-state index contributed by atoms with van der Waals surface area (Å²) in [6.07, 6.45) is 1.92. The van der Waals surface area contributed by atoms with Gasteiger partial charge >= 0.3 is 0 Å². The van der Waals surface area contributed by atoms with E-state index in [9.17, 15) is 0 Å². The SMILES string of the molecule is Cc1ccc(-c2ccc(N)c(-c3ccn(C)n3)c2)cc1. The van der Waals surface area contributed by atoms with E-state index in [1.165, 1.54) is 11.1 Å². The molecule has 100 valence electrons. The van der Waals surface area contributed by atoms with Gasteiger partial charge in [0.1, 0.15) is 0 Å². The minimum absolute atomic E-state index is 0.750. The fourth-order valence-corrected chi connectivity index (χ4v) is 2.26. The number of nitrogens with zero attached hydrogens (tertiary/aromatic N) is 2. The quantitative estimate of drug-likeness (QED) is 0.717. The summed E-state index contributed by atoms with van der Waals surface area (Å²) >= 11 is 0. The van der Waals surface area contributed by atoms with Crippen LogP contribution in [-0.2, 0) is 7.05 Å². The Morgan fingerprint density at radius 1 is 0.950 bits per heavy atom. The molecule has 0 unspecified atom stereocenters. The summed E-state index contributed by atoms with van der Waals surface area (Å²) in [5, 5.41) is 4.43. The first-order chi connectivity index (χ1) is 9.63. The lowest BCUT2D eigenvalue weighted by molar-refractivity contribution is 0.771. The molecular weight excluding hydrogens is 246 g/mol. The Morgan fingerprint density at radius 2 is 1.65 bits per heavy atom. The first-order valence-electron chi connectivity index (χ1n) is 6.60. The van der Waals surface area contributed by atoms with Crippen LogP contribution in [0.4, 0.5) is 5.69 Å². The first-order valence-corrected chi connectivity index (χ1v) is 6.60. The summed E-state index contributed by atoms with van der Waals surface area (Å²) < 4.78 is 1.79. The molecule has 0 fully saturated rings. The minimum atomic E-state index is 0.750. The summed E-state index contributed by atoms with van der Waals surface area (Å²) in [5.41, 5.74) is 12.3. The predicted octanol–water partition coefficient (Wildman–Crippen LogP) is 3.64. The zero-order valence-electron chi connectivity index (χ0n) is 11.7. The Hall–Kier alpha value is -2.55. The van der Waals surface area contributed by atoms with Gasteiger partial charge in [-0.25, -0.2) is 0 Å². The number of aryl methyl sites for hydroxylation is 2. The third kappa shape index (κ3) is 2.30. The van der Waals surface area contributed by atoms with Crippen molar-refractivity contribution in [3.8, 4) is 22.4 Å². The van der Waals surface area contributed by atoms with Gasteiger partial charge in [-0.1, -0.05) is 35.9 Å². The zero-order valence-corrected chi connectivity index (χ0v) is 11.7. The molecule has 0 atom stereocenters. The molecule has 1 aromatic heterocycles. The number of hydrogen-bond acceptors (Lipinski definition) is 2. The van der Waals surface area contributed by atoms with Gasteiger partial charge in [0.2, 0.25) is 0 Å². The molecule has 1 heterocycles. The first kappa shape index (κ1) is 12.5. The van der Waals surface area contributed by atoms with Gasteiger partial charge in [0, 0.05) is 24.5 Å². The molecule has 20 heavy (non-hydrogen) atoms. The highest BCUT2D eigenvalue weighted by atomic mass is 15.2. The fraction of sp³-hybridized carbons (Fsp3) is 0.118. The molecule has 3 nitrogen and oxygen atoms in total. The number of rotatable bonds is 2. The Labute approximate surface area is 118 Å².